The number of carbonyl (C=O) groups is 2. The molecule has 0 spiro atoms. The van der Waals surface area contributed by atoms with Crippen LogP contribution in [-0.4, -0.2) is 68.6 Å². The van der Waals surface area contributed by atoms with E-state index in [1.165, 1.54) is 6.08 Å². The number of ketones is 1. The first-order valence-electron chi connectivity index (χ1n) is 10.5. The molecular formula is C23H29N3O5. The largest absolute Gasteiger partial charge is 0.449 e. The van der Waals surface area contributed by atoms with Crippen molar-refractivity contribution >= 4 is 28.5 Å². The minimum absolute atomic E-state index is 0.00792. The third kappa shape index (κ3) is 5.65. The Morgan fingerprint density at radius 3 is 2.58 bits per heavy atom. The van der Waals surface area contributed by atoms with E-state index in [0.717, 1.165) is 18.5 Å². The summed E-state index contributed by atoms with van der Waals surface area (Å²) in [6, 6.07) is 7.14. The normalized spacial score (nSPS) is 14.3. The summed E-state index contributed by atoms with van der Waals surface area (Å²) in [6.07, 6.45) is 4.53. The third-order valence-corrected chi connectivity index (χ3v) is 5.14. The van der Waals surface area contributed by atoms with Gasteiger partial charge in [-0.15, -0.1) is 0 Å². The monoisotopic (exact) mass is 427 g/mol. The average Bonchev–Trinajstić information content (AvgIpc) is 2.76. The highest BCUT2D eigenvalue weighted by Crippen LogP contribution is 2.23. The highest BCUT2D eigenvalue weighted by molar-refractivity contribution is 6.05. The van der Waals surface area contributed by atoms with Crippen LogP contribution in [0.3, 0.4) is 0 Å². The summed E-state index contributed by atoms with van der Waals surface area (Å²) in [5, 5.41) is 0.683. The number of piperazine rings is 1. The van der Waals surface area contributed by atoms with Crippen LogP contribution in [0.5, 0.6) is 0 Å². The lowest BCUT2D eigenvalue weighted by atomic mass is 10.1. The maximum atomic E-state index is 12.3. The number of unbranched alkanes of at least 4 members (excludes halogenated alkanes) is 1. The molecular weight excluding hydrogens is 398 g/mol. The summed E-state index contributed by atoms with van der Waals surface area (Å²) < 4.78 is 10.7. The van der Waals surface area contributed by atoms with Crippen LogP contribution in [-0.2, 0) is 4.74 Å². The number of amides is 1. The Balaban J connectivity index is 1.69. The van der Waals surface area contributed by atoms with Gasteiger partial charge >= 0.3 is 11.7 Å². The van der Waals surface area contributed by atoms with E-state index in [-0.39, 0.29) is 11.7 Å². The Morgan fingerprint density at radius 1 is 1.16 bits per heavy atom. The maximum absolute atomic E-state index is 12.3. The fourth-order valence-electron chi connectivity index (χ4n) is 3.32. The van der Waals surface area contributed by atoms with Crippen LogP contribution in [0.1, 0.15) is 30.1 Å². The minimum atomic E-state index is -0.655. The molecule has 0 saturated carbocycles. The Hall–Kier alpha value is -3.29. The minimum Gasteiger partial charge on any atom is -0.449 e. The Morgan fingerprint density at radius 2 is 1.90 bits per heavy atom. The highest BCUT2D eigenvalue weighted by Gasteiger charge is 2.22. The molecule has 1 fully saturated rings. The van der Waals surface area contributed by atoms with E-state index < -0.39 is 11.4 Å². The standard InChI is InChI=1S/C23H29N3O5/c1-4-5-14-30-23(29)26-12-10-25(11-13-26)18-7-6-17-15-19(20(27)8-9-24(2)3)22(28)31-21(17)16-18/h6-9,15-16H,4-5,10-14H2,1-3H3/b9-8+. The fraction of sp³-hybridized carbons (Fsp3) is 0.435. The van der Waals surface area contributed by atoms with E-state index >= 15 is 0 Å². The van der Waals surface area contributed by atoms with Crippen LogP contribution in [0.25, 0.3) is 11.0 Å². The molecule has 166 valence electrons. The van der Waals surface area contributed by atoms with Gasteiger partial charge in [0, 0.05) is 69.7 Å². The van der Waals surface area contributed by atoms with Crippen molar-refractivity contribution in [1.82, 2.24) is 9.80 Å². The summed E-state index contributed by atoms with van der Waals surface area (Å²) in [5.41, 5.74) is 0.685. The smallest absolute Gasteiger partial charge is 0.409 e. The first kappa shape index (κ1) is 22.4. The summed E-state index contributed by atoms with van der Waals surface area (Å²) in [7, 11) is 3.59. The number of hydrogen-bond acceptors (Lipinski definition) is 7. The van der Waals surface area contributed by atoms with Crippen LogP contribution in [0.15, 0.2) is 45.8 Å². The molecule has 8 heteroatoms. The average molecular weight is 428 g/mol. The summed E-state index contributed by atoms with van der Waals surface area (Å²) >= 11 is 0. The van der Waals surface area contributed by atoms with Gasteiger partial charge in [0.2, 0.25) is 0 Å². The molecule has 0 aliphatic carbocycles. The molecule has 8 nitrogen and oxygen atoms in total. The van der Waals surface area contributed by atoms with Gasteiger partial charge in [-0.3, -0.25) is 4.79 Å². The quantitative estimate of drug-likeness (QED) is 0.291. The number of rotatable bonds is 7. The Bertz CT molecular complexity index is 1020. The van der Waals surface area contributed by atoms with Crippen molar-refractivity contribution in [3.8, 4) is 0 Å². The van der Waals surface area contributed by atoms with Crippen molar-refractivity contribution in [3.05, 3.63) is 52.5 Å². The van der Waals surface area contributed by atoms with Gasteiger partial charge in [-0.2, -0.15) is 0 Å². The third-order valence-electron chi connectivity index (χ3n) is 5.14. The summed E-state index contributed by atoms with van der Waals surface area (Å²) in [5.74, 6) is -0.393. The van der Waals surface area contributed by atoms with E-state index in [2.05, 4.69) is 11.8 Å². The number of fused-ring (bicyclic) bond motifs is 1. The molecule has 2 aromatic rings. The topological polar surface area (TPSA) is 83.3 Å². The van der Waals surface area contributed by atoms with E-state index in [4.69, 9.17) is 9.15 Å². The second-order valence-electron chi connectivity index (χ2n) is 7.76. The number of allylic oxidation sites excluding steroid dienone is 1. The number of ether oxygens (including phenoxy) is 1. The highest BCUT2D eigenvalue weighted by atomic mass is 16.6. The lowest BCUT2D eigenvalue weighted by molar-refractivity contribution is 0.0988. The molecule has 0 N–H and O–H groups in total. The molecule has 1 aromatic carbocycles. The first-order chi connectivity index (χ1) is 14.9. The predicted octanol–water partition coefficient (Wildman–Crippen LogP) is 3.11. The molecule has 1 amide bonds. The van der Waals surface area contributed by atoms with Crippen molar-refractivity contribution in [2.45, 2.75) is 19.8 Å². The lowest BCUT2D eigenvalue weighted by Gasteiger charge is -2.35. The zero-order chi connectivity index (χ0) is 22.4. The number of nitrogens with zero attached hydrogens (tertiary/aromatic N) is 3. The van der Waals surface area contributed by atoms with Gasteiger partial charge in [-0.05, 0) is 24.6 Å². The SMILES string of the molecule is CCCCOC(=O)N1CCN(c2ccc3cc(C(=O)/C=C/N(C)C)c(=O)oc3c2)CC1. The zero-order valence-corrected chi connectivity index (χ0v) is 18.3. The number of anilines is 1. The molecule has 1 aromatic heterocycles. The van der Waals surface area contributed by atoms with Gasteiger partial charge in [0.1, 0.15) is 11.1 Å². The van der Waals surface area contributed by atoms with Crippen molar-refractivity contribution in [3.63, 3.8) is 0 Å². The van der Waals surface area contributed by atoms with E-state index in [9.17, 15) is 14.4 Å². The van der Waals surface area contributed by atoms with Crippen LogP contribution in [0.4, 0.5) is 10.5 Å². The fourth-order valence-corrected chi connectivity index (χ4v) is 3.32. The second-order valence-corrected chi connectivity index (χ2v) is 7.76. The Kier molecular flexibility index (Phi) is 7.33. The Labute approximate surface area is 181 Å². The molecule has 1 aliphatic rings. The molecule has 2 heterocycles. The number of carbonyl (C=O) groups excluding carboxylic acids is 2. The van der Waals surface area contributed by atoms with E-state index in [1.54, 1.807) is 42.2 Å². The van der Waals surface area contributed by atoms with Crippen molar-refractivity contribution in [2.24, 2.45) is 0 Å². The van der Waals surface area contributed by atoms with Crippen molar-refractivity contribution in [1.29, 1.82) is 0 Å². The van der Waals surface area contributed by atoms with Gasteiger partial charge in [0.25, 0.3) is 0 Å². The molecule has 0 unspecified atom stereocenters. The molecule has 31 heavy (non-hydrogen) atoms. The van der Waals surface area contributed by atoms with E-state index in [0.29, 0.717) is 43.8 Å². The van der Waals surface area contributed by atoms with Gasteiger partial charge in [-0.1, -0.05) is 13.3 Å². The summed E-state index contributed by atoms with van der Waals surface area (Å²) in [4.78, 5) is 42.3. The predicted molar refractivity (Wildman–Crippen MR) is 120 cm³/mol. The van der Waals surface area contributed by atoms with Gasteiger partial charge in [-0.25, -0.2) is 9.59 Å². The van der Waals surface area contributed by atoms with Gasteiger partial charge < -0.3 is 23.9 Å². The summed E-state index contributed by atoms with van der Waals surface area (Å²) in [6.45, 7) is 4.96. The van der Waals surface area contributed by atoms with Crippen molar-refractivity contribution in [2.75, 3.05) is 51.8 Å². The van der Waals surface area contributed by atoms with E-state index in [1.807, 2.05) is 12.1 Å². The lowest BCUT2D eigenvalue weighted by Crippen LogP contribution is -2.49. The van der Waals surface area contributed by atoms with Crippen LogP contribution in [0.2, 0.25) is 0 Å². The second kappa shape index (κ2) is 10.1. The molecule has 0 atom stereocenters. The number of benzene rings is 1. The van der Waals surface area contributed by atoms with Crippen LogP contribution < -0.4 is 10.5 Å². The molecule has 1 aliphatic heterocycles. The molecule has 3 rings (SSSR count). The van der Waals surface area contributed by atoms with Crippen molar-refractivity contribution < 1.29 is 18.7 Å². The maximum Gasteiger partial charge on any atom is 0.409 e. The molecule has 1 saturated heterocycles. The zero-order valence-electron chi connectivity index (χ0n) is 18.3. The number of hydrogen-bond donors (Lipinski definition) is 0. The van der Waals surface area contributed by atoms with Crippen LogP contribution >= 0.6 is 0 Å². The van der Waals surface area contributed by atoms with Gasteiger partial charge in [0.05, 0.1) is 6.61 Å². The van der Waals surface area contributed by atoms with Crippen LogP contribution in [0, 0.1) is 0 Å². The molecule has 0 bridgehead atoms. The molecule has 0 radical (unpaired) electrons. The first-order valence-corrected chi connectivity index (χ1v) is 10.5. The van der Waals surface area contributed by atoms with Gasteiger partial charge in [0.15, 0.2) is 5.78 Å².